The van der Waals surface area contributed by atoms with E-state index in [0.717, 1.165) is 16.3 Å². The molecule has 2 aromatic heterocycles. The van der Waals surface area contributed by atoms with E-state index in [0.29, 0.717) is 17.9 Å². The van der Waals surface area contributed by atoms with Crippen LogP contribution in [0.2, 0.25) is 0 Å². The highest BCUT2D eigenvalue weighted by atomic mass is 32.1. The van der Waals surface area contributed by atoms with Crippen LogP contribution < -0.4 is 5.32 Å². The maximum Gasteiger partial charge on any atom is 0.273 e. The number of rotatable bonds is 5. The Labute approximate surface area is 158 Å². The normalized spacial score (nSPS) is 10.7. The topological polar surface area (TPSA) is 68.0 Å². The molecule has 5 nitrogen and oxygen atoms in total. The van der Waals surface area contributed by atoms with Gasteiger partial charge >= 0.3 is 0 Å². The van der Waals surface area contributed by atoms with Gasteiger partial charge in [0.05, 0.1) is 12.2 Å². The Kier molecular flexibility index (Phi) is 4.76. The Balaban J connectivity index is 1.40. The predicted molar refractivity (Wildman–Crippen MR) is 101 cm³/mol. The number of amides is 1. The molecule has 4 aromatic rings. The van der Waals surface area contributed by atoms with Crippen LogP contribution in [0.3, 0.4) is 0 Å². The van der Waals surface area contributed by atoms with E-state index >= 15 is 0 Å². The molecule has 4 rings (SSSR count). The summed E-state index contributed by atoms with van der Waals surface area (Å²) < 4.78 is 18.2. The number of nitrogens with zero attached hydrogens (tertiary/aromatic N) is 2. The highest BCUT2D eigenvalue weighted by Crippen LogP contribution is 2.22. The van der Waals surface area contributed by atoms with Crippen LogP contribution in [0.5, 0.6) is 0 Å². The quantitative estimate of drug-likeness (QED) is 0.553. The number of hydrogen-bond acceptors (Lipinski definition) is 5. The molecule has 134 valence electrons. The molecular weight excluding hydrogens is 365 g/mol. The summed E-state index contributed by atoms with van der Waals surface area (Å²) in [6.07, 6.45) is 0. The number of halogens is 1. The number of nitrogens with one attached hydrogen (secondary N) is 1. The Hall–Kier alpha value is -3.32. The zero-order valence-corrected chi connectivity index (χ0v) is 14.9. The molecule has 0 aliphatic carbocycles. The molecule has 0 saturated heterocycles. The standard InChI is InChI=1S/C20H14FN3O2S/c21-15-8-6-14(7-9-15)18-10-16(24-26-18)20(25)22-11-19-23-17(12-27-19)13-4-2-1-3-5-13/h1-10,12H,11H2,(H,22,25). The molecule has 1 amide bonds. The Morgan fingerprint density at radius 1 is 1.07 bits per heavy atom. The summed E-state index contributed by atoms with van der Waals surface area (Å²) in [5.41, 5.74) is 2.72. The highest BCUT2D eigenvalue weighted by Gasteiger charge is 2.14. The van der Waals surface area contributed by atoms with Crippen LogP contribution in [-0.2, 0) is 6.54 Å². The largest absolute Gasteiger partial charge is 0.355 e. The molecule has 27 heavy (non-hydrogen) atoms. The second-order valence-electron chi connectivity index (χ2n) is 5.76. The molecule has 0 atom stereocenters. The van der Waals surface area contributed by atoms with Crippen molar-refractivity contribution < 1.29 is 13.7 Å². The molecule has 0 unspecified atom stereocenters. The minimum Gasteiger partial charge on any atom is -0.355 e. The van der Waals surface area contributed by atoms with Crippen LogP contribution in [0, 0.1) is 5.82 Å². The first kappa shape index (κ1) is 17.1. The Morgan fingerprint density at radius 2 is 1.85 bits per heavy atom. The third-order valence-electron chi connectivity index (χ3n) is 3.89. The fourth-order valence-electron chi connectivity index (χ4n) is 2.51. The first-order valence-corrected chi connectivity index (χ1v) is 9.08. The zero-order valence-electron chi connectivity index (χ0n) is 14.1. The minimum atomic E-state index is -0.358. The van der Waals surface area contributed by atoms with Gasteiger partial charge in [-0.2, -0.15) is 0 Å². The summed E-state index contributed by atoms with van der Waals surface area (Å²) in [5, 5.41) is 9.32. The van der Waals surface area contributed by atoms with Crippen LogP contribution in [0.25, 0.3) is 22.6 Å². The number of carbonyl (C=O) groups excluding carboxylic acids is 1. The number of aromatic nitrogens is 2. The molecule has 0 fully saturated rings. The summed E-state index contributed by atoms with van der Waals surface area (Å²) in [4.78, 5) is 16.8. The third-order valence-corrected chi connectivity index (χ3v) is 4.74. The van der Waals surface area contributed by atoms with Crippen LogP contribution in [-0.4, -0.2) is 16.0 Å². The van der Waals surface area contributed by atoms with E-state index in [1.165, 1.54) is 29.5 Å². The smallest absolute Gasteiger partial charge is 0.273 e. The van der Waals surface area contributed by atoms with Crippen molar-refractivity contribution >= 4 is 17.2 Å². The molecule has 0 radical (unpaired) electrons. The van der Waals surface area contributed by atoms with Crippen molar-refractivity contribution in [2.75, 3.05) is 0 Å². The molecule has 7 heteroatoms. The van der Waals surface area contributed by atoms with Crippen molar-refractivity contribution in [2.45, 2.75) is 6.54 Å². The lowest BCUT2D eigenvalue weighted by molar-refractivity contribution is 0.0942. The molecule has 0 aliphatic rings. The summed E-state index contributed by atoms with van der Waals surface area (Å²) >= 11 is 1.48. The second kappa shape index (κ2) is 7.51. The highest BCUT2D eigenvalue weighted by molar-refractivity contribution is 7.09. The molecule has 0 aliphatic heterocycles. The predicted octanol–water partition coefficient (Wildman–Crippen LogP) is 4.53. The number of thiazole rings is 1. The van der Waals surface area contributed by atoms with E-state index < -0.39 is 0 Å². The first-order chi connectivity index (χ1) is 13.2. The lowest BCUT2D eigenvalue weighted by Gasteiger charge is -1.99. The van der Waals surface area contributed by atoms with Crippen molar-refractivity contribution in [2.24, 2.45) is 0 Å². The molecule has 2 heterocycles. The lowest BCUT2D eigenvalue weighted by atomic mass is 10.1. The molecule has 0 saturated carbocycles. The fraction of sp³-hybridized carbons (Fsp3) is 0.0500. The van der Waals surface area contributed by atoms with Gasteiger partial charge < -0.3 is 9.84 Å². The SMILES string of the molecule is O=C(NCc1nc(-c2ccccc2)cs1)c1cc(-c2ccc(F)cc2)on1. The molecular formula is C20H14FN3O2S. The Bertz CT molecular complexity index is 1060. The van der Waals surface area contributed by atoms with E-state index in [4.69, 9.17) is 4.52 Å². The van der Waals surface area contributed by atoms with Crippen molar-refractivity contribution in [3.63, 3.8) is 0 Å². The van der Waals surface area contributed by atoms with Gasteiger partial charge in [0.1, 0.15) is 10.8 Å². The van der Waals surface area contributed by atoms with Crippen LogP contribution >= 0.6 is 11.3 Å². The van der Waals surface area contributed by atoms with E-state index in [-0.39, 0.29) is 17.4 Å². The third kappa shape index (κ3) is 3.93. The van der Waals surface area contributed by atoms with Gasteiger partial charge in [0.25, 0.3) is 5.91 Å². The lowest BCUT2D eigenvalue weighted by Crippen LogP contribution is -2.22. The van der Waals surface area contributed by atoms with Gasteiger partial charge in [-0.25, -0.2) is 9.37 Å². The molecule has 2 aromatic carbocycles. The molecule has 1 N–H and O–H groups in total. The van der Waals surface area contributed by atoms with Gasteiger partial charge in [0.15, 0.2) is 11.5 Å². The van der Waals surface area contributed by atoms with Gasteiger partial charge in [0.2, 0.25) is 0 Å². The van der Waals surface area contributed by atoms with E-state index in [1.807, 2.05) is 35.7 Å². The maximum absolute atomic E-state index is 13.0. The van der Waals surface area contributed by atoms with E-state index in [2.05, 4.69) is 15.5 Å². The number of hydrogen-bond donors (Lipinski definition) is 1. The average Bonchev–Trinajstić information content (AvgIpc) is 3.37. The maximum atomic E-state index is 13.0. The summed E-state index contributed by atoms with van der Waals surface area (Å²) in [6, 6.07) is 17.2. The second-order valence-corrected chi connectivity index (χ2v) is 6.70. The van der Waals surface area contributed by atoms with Crippen molar-refractivity contribution in [1.82, 2.24) is 15.5 Å². The van der Waals surface area contributed by atoms with Crippen molar-refractivity contribution in [1.29, 1.82) is 0 Å². The fourth-order valence-corrected chi connectivity index (χ4v) is 3.26. The van der Waals surface area contributed by atoms with Crippen LogP contribution in [0.4, 0.5) is 4.39 Å². The van der Waals surface area contributed by atoms with Gasteiger partial charge in [-0.15, -0.1) is 11.3 Å². The average molecular weight is 379 g/mol. The van der Waals surface area contributed by atoms with Gasteiger partial charge in [-0.05, 0) is 24.3 Å². The van der Waals surface area contributed by atoms with E-state index in [9.17, 15) is 9.18 Å². The molecule has 0 spiro atoms. The summed E-state index contributed by atoms with van der Waals surface area (Å²) in [7, 11) is 0. The zero-order chi connectivity index (χ0) is 18.6. The van der Waals surface area contributed by atoms with E-state index in [1.54, 1.807) is 12.1 Å². The minimum absolute atomic E-state index is 0.161. The van der Waals surface area contributed by atoms with Crippen LogP contribution in [0.1, 0.15) is 15.5 Å². The Morgan fingerprint density at radius 3 is 2.63 bits per heavy atom. The van der Waals surface area contributed by atoms with Gasteiger partial charge in [0, 0.05) is 22.6 Å². The van der Waals surface area contributed by atoms with Crippen LogP contribution in [0.15, 0.2) is 70.6 Å². The number of carbonyl (C=O) groups is 1. The van der Waals surface area contributed by atoms with Crippen molar-refractivity contribution in [3.8, 4) is 22.6 Å². The van der Waals surface area contributed by atoms with Crippen molar-refractivity contribution in [3.05, 3.63) is 82.6 Å². The summed E-state index contributed by atoms with van der Waals surface area (Å²) in [5.74, 6) is -0.293. The molecule has 0 bridgehead atoms. The summed E-state index contributed by atoms with van der Waals surface area (Å²) in [6.45, 7) is 0.301. The van der Waals surface area contributed by atoms with Gasteiger partial charge in [-0.3, -0.25) is 4.79 Å². The van der Waals surface area contributed by atoms with Gasteiger partial charge in [-0.1, -0.05) is 35.5 Å². The number of benzene rings is 2. The first-order valence-electron chi connectivity index (χ1n) is 8.20. The monoisotopic (exact) mass is 379 g/mol.